The molecule has 0 bridgehead atoms. The average molecular weight is 249 g/mol. The molecule has 0 heterocycles. The van der Waals surface area contributed by atoms with Gasteiger partial charge in [-0.2, -0.15) is 0 Å². The van der Waals surface area contributed by atoms with Crippen LogP contribution >= 0.6 is 8.46 Å². The molecule has 0 amide bonds. The van der Waals surface area contributed by atoms with E-state index in [0.29, 0.717) is 0 Å². The van der Waals surface area contributed by atoms with Gasteiger partial charge < -0.3 is 15.9 Å². The molecule has 5 nitrogen and oxygen atoms in total. The smallest absolute Gasteiger partial charge is 0.320 e. The molecule has 0 aliphatic carbocycles. The quantitative estimate of drug-likeness (QED) is 0.567. The maximum absolute atomic E-state index is 11.0. The van der Waals surface area contributed by atoms with E-state index >= 15 is 0 Å². The van der Waals surface area contributed by atoms with E-state index in [1.165, 1.54) is 0 Å². The van der Waals surface area contributed by atoms with E-state index in [1.807, 2.05) is 6.92 Å². The minimum Gasteiger partial charge on any atom is -0.480 e. The van der Waals surface area contributed by atoms with Crippen LogP contribution in [0.1, 0.15) is 39.5 Å². The van der Waals surface area contributed by atoms with Crippen LogP contribution in [-0.2, 0) is 9.36 Å². The fraction of sp³-hybridized carbons (Fsp3) is 0.900. The van der Waals surface area contributed by atoms with Crippen LogP contribution in [0.4, 0.5) is 0 Å². The molecule has 0 spiro atoms. The number of hydrogen-bond acceptors (Lipinski definition) is 4. The van der Waals surface area contributed by atoms with Gasteiger partial charge in [-0.1, -0.05) is 20.3 Å². The Morgan fingerprint density at radius 1 is 1.50 bits per heavy atom. The summed E-state index contributed by atoms with van der Waals surface area (Å²) in [6, 6.07) is -1.01. The van der Waals surface area contributed by atoms with Crippen molar-refractivity contribution in [2.24, 2.45) is 11.7 Å². The van der Waals surface area contributed by atoms with E-state index in [1.54, 1.807) is 6.92 Å². The largest absolute Gasteiger partial charge is 0.480 e. The first-order valence-electron chi connectivity index (χ1n) is 5.42. The monoisotopic (exact) mass is 249 g/mol. The first-order valence-corrected chi connectivity index (χ1v) is 6.24. The van der Waals surface area contributed by atoms with Gasteiger partial charge in [0.05, 0.1) is 0 Å². The Morgan fingerprint density at radius 3 is 2.44 bits per heavy atom. The van der Waals surface area contributed by atoms with Crippen LogP contribution in [0.3, 0.4) is 0 Å². The van der Waals surface area contributed by atoms with E-state index in [9.17, 15) is 14.5 Å². The number of rotatable bonds is 8. The van der Waals surface area contributed by atoms with Crippen molar-refractivity contribution in [1.82, 2.24) is 0 Å². The Kier molecular flexibility index (Phi) is 6.72. The van der Waals surface area contributed by atoms with Gasteiger partial charge in [0.1, 0.15) is 11.4 Å². The highest BCUT2D eigenvalue weighted by Crippen LogP contribution is 2.36. The third kappa shape index (κ3) is 4.56. The van der Waals surface area contributed by atoms with Crippen molar-refractivity contribution in [3.63, 3.8) is 0 Å². The number of nitrogens with two attached hydrogens (primary N) is 1. The van der Waals surface area contributed by atoms with Crippen LogP contribution in [0.25, 0.3) is 0 Å². The Labute approximate surface area is 97.2 Å². The van der Waals surface area contributed by atoms with Gasteiger partial charge in [-0.05, 0) is 25.2 Å². The summed E-state index contributed by atoms with van der Waals surface area (Å²) in [6.07, 6.45) is 1.87. The Hall–Kier alpha value is -0.510. The Bertz CT molecular complexity index is 249. The Morgan fingerprint density at radius 2 is 2.06 bits per heavy atom. The number of aliphatic hydroxyl groups is 1. The number of hydrogen-bond donors (Lipinski definition) is 3. The van der Waals surface area contributed by atoms with Gasteiger partial charge in [0, 0.05) is 0 Å². The van der Waals surface area contributed by atoms with E-state index in [-0.39, 0.29) is 27.2 Å². The highest BCUT2D eigenvalue weighted by Gasteiger charge is 2.34. The van der Waals surface area contributed by atoms with Gasteiger partial charge in [-0.25, -0.2) is 0 Å². The fourth-order valence-corrected chi connectivity index (χ4v) is 2.07. The van der Waals surface area contributed by atoms with E-state index < -0.39 is 17.4 Å². The second-order valence-corrected chi connectivity index (χ2v) is 5.10. The van der Waals surface area contributed by atoms with Gasteiger partial charge in [0.2, 0.25) is 0 Å². The lowest BCUT2D eigenvalue weighted by atomic mass is 9.93. The first-order chi connectivity index (χ1) is 7.37. The van der Waals surface area contributed by atoms with Crippen molar-refractivity contribution in [2.75, 3.05) is 0 Å². The summed E-state index contributed by atoms with van der Waals surface area (Å²) in [5, 5.41) is 17.3. The molecule has 3 atom stereocenters. The predicted octanol–water partition coefficient (Wildman–Crippen LogP) is 1.59. The first kappa shape index (κ1) is 15.5. The van der Waals surface area contributed by atoms with E-state index in [0.717, 1.165) is 12.8 Å². The zero-order valence-electron chi connectivity index (χ0n) is 9.72. The van der Waals surface area contributed by atoms with Crippen LogP contribution in [0, 0.1) is 5.92 Å². The molecule has 16 heavy (non-hydrogen) atoms. The predicted molar refractivity (Wildman–Crippen MR) is 61.5 cm³/mol. The van der Waals surface area contributed by atoms with Crippen molar-refractivity contribution in [3.05, 3.63) is 0 Å². The maximum Gasteiger partial charge on any atom is 0.320 e. The average Bonchev–Trinajstić information content (AvgIpc) is 2.25. The summed E-state index contributed by atoms with van der Waals surface area (Å²) in [7, 11) is -0.363. The highest BCUT2D eigenvalue weighted by atomic mass is 31.1. The summed E-state index contributed by atoms with van der Waals surface area (Å²) >= 11 is 0. The number of carboxylic acid groups (broad SMARTS) is 1. The van der Waals surface area contributed by atoms with Crippen LogP contribution in [-0.4, -0.2) is 27.6 Å². The number of aliphatic carboxylic acids is 1. The van der Waals surface area contributed by atoms with Gasteiger partial charge >= 0.3 is 5.97 Å². The van der Waals surface area contributed by atoms with Crippen LogP contribution in [0.5, 0.6) is 0 Å². The maximum atomic E-state index is 11.0. The summed E-state index contributed by atoms with van der Waals surface area (Å²) in [5.41, 5.74) is 5.34. The molecule has 3 unspecified atom stereocenters. The Balaban J connectivity index is 4.37. The lowest BCUT2D eigenvalue weighted by Crippen LogP contribution is -2.36. The number of carbonyl (C=O) groups is 1. The second kappa shape index (κ2) is 6.94. The van der Waals surface area contributed by atoms with Gasteiger partial charge in [-0.15, -0.1) is 0 Å². The van der Waals surface area contributed by atoms with Crippen LogP contribution in [0.2, 0.25) is 0 Å². The van der Waals surface area contributed by atoms with Crippen LogP contribution < -0.4 is 5.73 Å². The van der Waals surface area contributed by atoms with Crippen molar-refractivity contribution in [2.45, 2.75) is 50.9 Å². The van der Waals surface area contributed by atoms with Crippen LogP contribution in [0.15, 0.2) is 0 Å². The lowest BCUT2D eigenvalue weighted by Gasteiger charge is -2.28. The standard InChI is InChI=1S/C10H20NO4P/c1-3-4-7(2)10(14,16-15)6-5-8(11)9(12)13/h7-8,14H,3-6,11H2,1-2H3,(H,12,13). The van der Waals surface area contributed by atoms with E-state index in [2.05, 4.69) is 0 Å². The molecular weight excluding hydrogens is 229 g/mol. The summed E-state index contributed by atoms with van der Waals surface area (Å²) < 4.78 is 11.0. The second-order valence-electron chi connectivity index (χ2n) is 4.14. The zero-order chi connectivity index (χ0) is 12.8. The molecule has 0 fully saturated rings. The van der Waals surface area contributed by atoms with Crippen molar-refractivity contribution >= 4 is 14.4 Å². The molecule has 0 saturated heterocycles. The minimum absolute atomic E-state index is 0.120. The third-order valence-corrected chi connectivity index (χ3v) is 3.79. The summed E-state index contributed by atoms with van der Waals surface area (Å²) in [4.78, 5) is 10.5. The SMILES string of the molecule is CCCC(C)C(O)(CCC(N)C(=O)O)P=O. The molecule has 6 heteroatoms. The number of carboxylic acids is 1. The topological polar surface area (TPSA) is 101 Å². The molecular formula is C10H20NO4P. The molecule has 94 valence electrons. The zero-order valence-corrected chi connectivity index (χ0v) is 10.6. The fourth-order valence-electron chi connectivity index (χ4n) is 1.54. The molecule has 0 aliphatic heterocycles. The summed E-state index contributed by atoms with van der Waals surface area (Å²) in [5.74, 6) is -1.24. The lowest BCUT2D eigenvalue weighted by molar-refractivity contribution is -0.138. The van der Waals surface area contributed by atoms with Crippen molar-refractivity contribution in [1.29, 1.82) is 0 Å². The van der Waals surface area contributed by atoms with Gasteiger partial charge in [0.25, 0.3) is 0 Å². The molecule has 0 radical (unpaired) electrons. The normalized spacial score (nSPS) is 19.0. The molecule has 0 aromatic carbocycles. The summed E-state index contributed by atoms with van der Waals surface area (Å²) in [6.45, 7) is 3.78. The minimum atomic E-state index is -1.36. The molecule has 0 aromatic rings. The molecule has 0 saturated carbocycles. The molecule has 0 aromatic heterocycles. The van der Waals surface area contributed by atoms with Gasteiger partial charge in [0.15, 0.2) is 8.46 Å². The van der Waals surface area contributed by atoms with Crippen molar-refractivity contribution in [3.8, 4) is 0 Å². The van der Waals surface area contributed by atoms with E-state index in [4.69, 9.17) is 10.8 Å². The molecule has 0 rings (SSSR count). The third-order valence-electron chi connectivity index (χ3n) is 2.81. The molecule has 0 aliphatic rings. The van der Waals surface area contributed by atoms with Gasteiger partial charge in [-0.3, -0.25) is 9.36 Å². The molecule has 4 N–H and O–H groups in total. The van der Waals surface area contributed by atoms with Crippen molar-refractivity contribution < 1.29 is 19.6 Å². The highest BCUT2D eigenvalue weighted by molar-refractivity contribution is 7.25.